The van der Waals surface area contributed by atoms with E-state index in [0.29, 0.717) is 19.7 Å². The molecule has 0 aromatic heterocycles. The van der Waals surface area contributed by atoms with Crippen molar-refractivity contribution in [2.45, 2.75) is 63.7 Å². The lowest BCUT2D eigenvalue weighted by Gasteiger charge is -2.39. The molecule has 0 radical (unpaired) electrons. The normalized spacial score (nSPS) is 17.6. The first-order chi connectivity index (χ1) is 17.3. The molecule has 36 heavy (non-hydrogen) atoms. The first kappa shape index (κ1) is 25.8. The number of piperidine rings is 1. The van der Waals surface area contributed by atoms with Crippen LogP contribution in [0.2, 0.25) is 0 Å². The monoisotopic (exact) mass is 496 g/mol. The van der Waals surface area contributed by atoms with E-state index in [4.69, 9.17) is 14.2 Å². The van der Waals surface area contributed by atoms with Crippen molar-refractivity contribution in [1.29, 1.82) is 0 Å². The van der Waals surface area contributed by atoms with Gasteiger partial charge in [-0.3, -0.25) is 0 Å². The lowest BCUT2D eigenvalue weighted by atomic mass is 9.87. The van der Waals surface area contributed by atoms with Crippen LogP contribution in [0.4, 0.5) is 10.5 Å². The average molecular weight is 497 g/mol. The van der Waals surface area contributed by atoms with Crippen LogP contribution >= 0.6 is 0 Å². The van der Waals surface area contributed by atoms with Crippen LogP contribution in [0, 0.1) is 6.92 Å². The number of methoxy groups -OCH3 is 2. The molecular formula is C28H36N2O6. The Kier molecular flexibility index (Phi) is 8.04. The number of aryl methyl sites for hydroxylation is 1. The molecule has 0 unspecified atom stereocenters. The van der Waals surface area contributed by atoms with Gasteiger partial charge in [0.1, 0.15) is 11.3 Å². The molecule has 1 saturated carbocycles. The third kappa shape index (κ3) is 5.75. The molecule has 8 nitrogen and oxygen atoms in total. The van der Waals surface area contributed by atoms with Gasteiger partial charge in [0.25, 0.3) is 0 Å². The Morgan fingerprint density at radius 2 is 1.81 bits per heavy atom. The van der Waals surface area contributed by atoms with E-state index in [-0.39, 0.29) is 18.9 Å². The smallest absolute Gasteiger partial charge is 0.409 e. The standard InChI is InChI=1S/C28H36N2O6/c1-19-14-20(17-24(15-19)34-2)25-9-8-22(16-21(25)18-36-23-6-4-5-7-23)29-28(26(31)32)10-12-30(13-11-28)27(33)35-3/h8-9,14-17,23,29H,4-7,10-13,18H2,1-3H3,(H,31,32). The Balaban J connectivity index is 1.62. The number of likely N-dealkylation sites (tertiary alicyclic amines) is 1. The Labute approximate surface area is 212 Å². The second-order valence-corrected chi connectivity index (χ2v) is 9.80. The van der Waals surface area contributed by atoms with Crippen molar-refractivity contribution in [1.82, 2.24) is 4.90 Å². The minimum Gasteiger partial charge on any atom is -0.497 e. The van der Waals surface area contributed by atoms with Crippen molar-refractivity contribution >= 4 is 17.7 Å². The van der Waals surface area contributed by atoms with E-state index in [9.17, 15) is 14.7 Å². The molecule has 1 aliphatic carbocycles. The van der Waals surface area contributed by atoms with Crippen molar-refractivity contribution in [2.24, 2.45) is 0 Å². The van der Waals surface area contributed by atoms with Gasteiger partial charge >= 0.3 is 12.1 Å². The lowest BCUT2D eigenvalue weighted by Crippen LogP contribution is -2.55. The number of anilines is 1. The van der Waals surface area contributed by atoms with Gasteiger partial charge in [0.05, 0.1) is 26.9 Å². The minimum absolute atomic E-state index is 0.259. The van der Waals surface area contributed by atoms with Crippen LogP contribution in [0.3, 0.4) is 0 Å². The minimum atomic E-state index is -1.16. The maximum absolute atomic E-state index is 12.4. The third-order valence-corrected chi connectivity index (χ3v) is 7.32. The van der Waals surface area contributed by atoms with E-state index < -0.39 is 17.6 Å². The second kappa shape index (κ2) is 11.2. The molecule has 1 heterocycles. The topological polar surface area (TPSA) is 97.3 Å². The quantitative estimate of drug-likeness (QED) is 0.517. The van der Waals surface area contributed by atoms with E-state index in [2.05, 4.69) is 11.4 Å². The zero-order chi connectivity index (χ0) is 25.7. The molecule has 2 aliphatic rings. The van der Waals surface area contributed by atoms with Crippen molar-refractivity contribution < 1.29 is 28.9 Å². The molecule has 1 saturated heterocycles. The van der Waals surface area contributed by atoms with Gasteiger partial charge in [-0.15, -0.1) is 0 Å². The summed E-state index contributed by atoms with van der Waals surface area (Å²) in [4.78, 5) is 25.8. The largest absolute Gasteiger partial charge is 0.497 e. The third-order valence-electron chi connectivity index (χ3n) is 7.32. The highest BCUT2D eigenvalue weighted by molar-refractivity contribution is 5.84. The van der Waals surface area contributed by atoms with Crippen molar-refractivity contribution in [3.63, 3.8) is 0 Å². The maximum Gasteiger partial charge on any atom is 0.409 e. The van der Waals surface area contributed by atoms with Crippen LogP contribution in [-0.4, -0.2) is 61.0 Å². The predicted octanol–water partition coefficient (Wildman–Crippen LogP) is 5.23. The fourth-order valence-electron chi connectivity index (χ4n) is 5.23. The highest BCUT2D eigenvalue weighted by atomic mass is 16.5. The van der Waals surface area contributed by atoms with E-state index >= 15 is 0 Å². The summed E-state index contributed by atoms with van der Waals surface area (Å²) >= 11 is 0. The SMILES string of the molecule is COC(=O)N1CCC(Nc2ccc(-c3cc(C)cc(OC)c3)c(COC3CCCC3)c2)(C(=O)O)CC1. The number of nitrogens with zero attached hydrogens (tertiary/aromatic N) is 1. The van der Waals surface area contributed by atoms with Gasteiger partial charge in [-0.1, -0.05) is 25.0 Å². The number of carboxylic acid groups (broad SMARTS) is 1. The molecule has 0 spiro atoms. The summed E-state index contributed by atoms with van der Waals surface area (Å²) in [5.41, 5.74) is 3.70. The molecule has 2 aromatic rings. The Hall–Kier alpha value is -3.26. The van der Waals surface area contributed by atoms with Gasteiger partial charge in [-0.05, 0) is 79.1 Å². The number of hydrogen-bond acceptors (Lipinski definition) is 6. The number of carbonyl (C=O) groups is 2. The predicted molar refractivity (Wildman–Crippen MR) is 137 cm³/mol. The average Bonchev–Trinajstić information content (AvgIpc) is 3.41. The van der Waals surface area contributed by atoms with Gasteiger partial charge in [-0.2, -0.15) is 0 Å². The molecule has 2 fully saturated rings. The number of benzene rings is 2. The molecule has 1 aliphatic heterocycles. The van der Waals surface area contributed by atoms with Crippen LogP contribution in [-0.2, 0) is 20.9 Å². The van der Waals surface area contributed by atoms with Crippen LogP contribution in [0.1, 0.15) is 49.7 Å². The van der Waals surface area contributed by atoms with Gasteiger partial charge in [0.2, 0.25) is 0 Å². The van der Waals surface area contributed by atoms with Crippen LogP contribution in [0.25, 0.3) is 11.1 Å². The molecule has 2 N–H and O–H groups in total. The summed E-state index contributed by atoms with van der Waals surface area (Å²) < 4.78 is 16.6. The summed E-state index contributed by atoms with van der Waals surface area (Å²) in [6, 6.07) is 12.0. The highest BCUT2D eigenvalue weighted by Gasteiger charge is 2.43. The number of rotatable bonds is 8. The Morgan fingerprint density at radius 1 is 1.08 bits per heavy atom. The van der Waals surface area contributed by atoms with Gasteiger partial charge < -0.3 is 29.5 Å². The number of carboxylic acids is 1. The number of aliphatic carboxylic acids is 1. The summed E-state index contributed by atoms with van der Waals surface area (Å²) in [7, 11) is 2.99. The van der Waals surface area contributed by atoms with Crippen LogP contribution in [0.5, 0.6) is 5.75 Å². The number of nitrogens with one attached hydrogen (secondary N) is 1. The lowest BCUT2D eigenvalue weighted by molar-refractivity contribution is -0.144. The Morgan fingerprint density at radius 3 is 2.44 bits per heavy atom. The van der Waals surface area contributed by atoms with E-state index in [1.54, 1.807) is 7.11 Å². The molecule has 0 atom stereocenters. The van der Waals surface area contributed by atoms with Crippen LogP contribution < -0.4 is 10.1 Å². The zero-order valence-corrected chi connectivity index (χ0v) is 21.3. The highest BCUT2D eigenvalue weighted by Crippen LogP contribution is 2.34. The van der Waals surface area contributed by atoms with Gasteiger partial charge in [0, 0.05) is 18.8 Å². The first-order valence-corrected chi connectivity index (χ1v) is 12.6. The number of carbonyl (C=O) groups excluding carboxylic acids is 1. The summed E-state index contributed by atoms with van der Waals surface area (Å²) in [5, 5.41) is 13.4. The number of hydrogen-bond donors (Lipinski definition) is 2. The number of ether oxygens (including phenoxy) is 3. The van der Waals surface area contributed by atoms with E-state index in [1.807, 2.05) is 37.3 Å². The Bertz CT molecular complexity index is 1090. The molecule has 194 valence electrons. The first-order valence-electron chi connectivity index (χ1n) is 12.6. The fraction of sp³-hybridized carbons (Fsp3) is 0.500. The van der Waals surface area contributed by atoms with Crippen molar-refractivity contribution in [2.75, 3.05) is 32.6 Å². The van der Waals surface area contributed by atoms with Gasteiger partial charge in [0.15, 0.2) is 0 Å². The van der Waals surface area contributed by atoms with E-state index in [0.717, 1.165) is 46.5 Å². The maximum atomic E-state index is 12.4. The number of amides is 1. The summed E-state index contributed by atoms with van der Waals surface area (Å²) in [5.74, 6) is -0.139. The second-order valence-electron chi connectivity index (χ2n) is 9.80. The molecule has 1 amide bonds. The van der Waals surface area contributed by atoms with Crippen molar-refractivity contribution in [3.8, 4) is 16.9 Å². The summed E-state index contributed by atoms with van der Waals surface area (Å²) in [6.07, 6.45) is 4.92. The van der Waals surface area contributed by atoms with Crippen LogP contribution in [0.15, 0.2) is 36.4 Å². The molecule has 8 heteroatoms. The summed E-state index contributed by atoms with van der Waals surface area (Å²) in [6.45, 7) is 3.10. The molecule has 4 rings (SSSR count). The zero-order valence-electron chi connectivity index (χ0n) is 21.3. The van der Waals surface area contributed by atoms with Gasteiger partial charge in [-0.25, -0.2) is 9.59 Å². The molecule has 2 aromatic carbocycles. The molecular weight excluding hydrogens is 460 g/mol. The van der Waals surface area contributed by atoms with Crippen molar-refractivity contribution in [3.05, 3.63) is 47.5 Å². The van der Waals surface area contributed by atoms with E-state index in [1.165, 1.54) is 24.9 Å². The molecule has 0 bridgehead atoms. The fourth-order valence-corrected chi connectivity index (χ4v) is 5.23.